The zero-order valence-corrected chi connectivity index (χ0v) is 21.1. The third kappa shape index (κ3) is 5.52. The van der Waals surface area contributed by atoms with Gasteiger partial charge in [-0.05, 0) is 55.7 Å². The van der Waals surface area contributed by atoms with E-state index < -0.39 is 0 Å². The molecule has 2 aromatic carbocycles. The summed E-state index contributed by atoms with van der Waals surface area (Å²) in [6.07, 6.45) is 2.85. The number of amides is 1. The molecule has 186 valence electrons. The molecule has 8 nitrogen and oxygen atoms in total. The summed E-state index contributed by atoms with van der Waals surface area (Å²) in [5.41, 5.74) is 4.71. The molecule has 1 amide bonds. The first kappa shape index (κ1) is 23.9. The molecule has 36 heavy (non-hydrogen) atoms. The number of ether oxygens (including phenoxy) is 3. The summed E-state index contributed by atoms with van der Waals surface area (Å²) < 4.78 is 16.2. The Morgan fingerprint density at radius 2 is 1.94 bits per heavy atom. The van der Waals surface area contributed by atoms with Crippen LogP contribution in [0, 0.1) is 6.92 Å². The lowest BCUT2D eigenvalue weighted by Gasteiger charge is -2.06. The Morgan fingerprint density at radius 3 is 2.72 bits per heavy atom. The van der Waals surface area contributed by atoms with Crippen molar-refractivity contribution in [2.45, 2.75) is 39.2 Å². The molecule has 0 unspecified atom stereocenters. The van der Waals surface area contributed by atoms with Gasteiger partial charge >= 0.3 is 0 Å². The number of H-pyrrole nitrogens is 1. The van der Waals surface area contributed by atoms with E-state index in [2.05, 4.69) is 15.3 Å². The van der Waals surface area contributed by atoms with Crippen LogP contribution in [0.3, 0.4) is 0 Å². The van der Waals surface area contributed by atoms with E-state index in [0.717, 1.165) is 75.6 Å². The maximum Gasteiger partial charge on any atom is 0.231 e. The first-order chi connectivity index (χ1) is 17.6. The number of thiazole rings is 1. The van der Waals surface area contributed by atoms with Crippen LogP contribution in [0.5, 0.6) is 17.2 Å². The number of nitrogens with one attached hydrogen (secondary N) is 2. The molecule has 0 saturated heterocycles. The Hall–Kier alpha value is -3.85. The number of rotatable bonds is 10. The monoisotopic (exact) mass is 504 g/mol. The van der Waals surface area contributed by atoms with Crippen molar-refractivity contribution in [1.29, 1.82) is 0 Å². The van der Waals surface area contributed by atoms with Gasteiger partial charge < -0.3 is 24.5 Å². The Morgan fingerprint density at radius 1 is 1.11 bits per heavy atom. The molecule has 9 heteroatoms. The number of imidazole rings is 1. The van der Waals surface area contributed by atoms with Crippen LogP contribution in [-0.2, 0) is 17.8 Å². The summed E-state index contributed by atoms with van der Waals surface area (Å²) in [5, 5.41) is 5.91. The second-order valence-corrected chi connectivity index (χ2v) is 9.46. The first-order valence-corrected chi connectivity index (χ1v) is 12.8. The van der Waals surface area contributed by atoms with Crippen molar-refractivity contribution in [2.24, 2.45) is 0 Å². The second kappa shape index (κ2) is 10.8. The van der Waals surface area contributed by atoms with Crippen molar-refractivity contribution < 1.29 is 19.0 Å². The molecule has 0 aliphatic carbocycles. The molecule has 2 N–H and O–H groups in total. The fourth-order valence-electron chi connectivity index (χ4n) is 4.03. The van der Waals surface area contributed by atoms with Crippen LogP contribution in [0.4, 0.5) is 0 Å². The molecule has 0 fully saturated rings. The quantitative estimate of drug-likeness (QED) is 0.285. The molecule has 5 rings (SSSR count). The number of benzene rings is 2. The summed E-state index contributed by atoms with van der Waals surface area (Å²) in [6.45, 7) is 2.73. The van der Waals surface area contributed by atoms with Gasteiger partial charge in [-0.1, -0.05) is 12.1 Å². The third-order valence-electron chi connectivity index (χ3n) is 5.95. The molecule has 0 spiro atoms. The van der Waals surface area contributed by atoms with Crippen molar-refractivity contribution in [1.82, 2.24) is 20.3 Å². The molecule has 0 saturated carbocycles. The zero-order chi connectivity index (χ0) is 24.9. The molecule has 1 aliphatic heterocycles. The highest BCUT2D eigenvalue weighted by Gasteiger charge is 2.20. The van der Waals surface area contributed by atoms with Crippen LogP contribution in [-0.4, -0.2) is 34.8 Å². The predicted molar refractivity (Wildman–Crippen MR) is 138 cm³/mol. The summed E-state index contributed by atoms with van der Waals surface area (Å²) in [4.78, 5) is 25.3. The topological polar surface area (TPSA) is 98.4 Å². The van der Waals surface area contributed by atoms with Gasteiger partial charge in [0.05, 0.1) is 12.8 Å². The van der Waals surface area contributed by atoms with Crippen molar-refractivity contribution in [3.05, 3.63) is 64.9 Å². The van der Waals surface area contributed by atoms with E-state index in [9.17, 15) is 4.79 Å². The minimum atomic E-state index is 0.0465. The lowest BCUT2D eigenvalue weighted by molar-refractivity contribution is -0.121. The Balaban J connectivity index is 1.19. The minimum Gasteiger partial charge on any atom is -0.497 e. The number of methoxy groups -OCH3 is 1. The van der Waals surface area contributed by atoms with E-state index in [4.69, 9.17) is 19.2 Å². The molecule has 0 bridgehead atoms. The highest BCUT2D eigenvalue weighted by atomic mass is 32.1. The van der Waals surface area contributed by atoms with Crippen LogP contribution < -0.4 is 19.5 Å². The number of aryl methyl sites for hydroxylation is 2. The number of hydrogen-bond acceptors (Lipinski definition) is 7. The van der Waals surface area contributed by atoms with E-state index in [1.165, 1.54) is 0 Å². The highest BCUT2D eigenvalue weighted by molar-refractivity contribution is 7.13. The molecule has 4 aromatic rings. The van der Waals surface area contributed by atoms with Crippen LogP contribution in [0.1, 0.15) is 36.3 Å². The molecular weight excluding hydrogens is 476 g/mol. The second-order valence-electron chi connectivity index (χ2n) is 8.60. The standard InChI is InChI=1S/C27H28N4O4S/c1-17-15-36-27(29-17)26-25(19-9-12-21-22(13-19)35-16-34-21)30-23(31-26)5-3-4-6-24(32)28-14-18-7-10-20(33-2)11-8-18/h7-13,15H,3-6,14,16H2,1-2H3,(H,28,32)(H,30,31). The fourth-order valence-corrected chi connectivity index (χ4v) is 4.82. The van der Waals surface area contributed by atoms with Gasteiger partial charge in [0.1, 0.15) is 22.3 Å². The minimum absolute atomic E-state index is 0.0465. The maximum absolute atomic E-state index is 12.3. The van der Waals surface area contributed by atoms with Gasteiger partial charge in [-0.2, -0.15) is 0 Å². The van der Waals surface area contributed by atoms with Crippen molar-refractivity contribution in [3.8, 4) is 39.2 Å². The number of nitrogens with zero attached hydrogens (tertiary/aromatic N) is 2. The SMILES string of the molecule is COc1ccc(CNC(=O)CCCCc2nc(-c3ccc4c(c3)OCO4)c(-c3nc(C)cs3)[nH]2)cc1. The average Bonchev–Trinajstić information content (AvgIpc) is 3.64. The lowest BCUT2D eigenvalue weighted by Crippen LogP contribution is -2.22. The summed E-state index contributed by atoms with van der Waals surface area (Å²) in [5.74, 6) is 3.19. The number of unbranched alkanes of at least 4 members (excludes halogenated alkanes) is 1. The number of fused-ring (bicyclic) bond motifs is 1. The van der Waals surface area contributed by atoms with Crippen LogP contribution in [0.15, 0.2) is 47.8 Å². The number of aromatic amines is 1. The van der Waals surface area contributed by atoms with Gasteiger partial charge in [0.2, 0.25) is 12.7 Å². The number of carbonyl (C=O) groups excluding carboxylic acids is 1. The summed E-state index contributed by atoms with van der Waals surface area (Å²) >= 11 is 1.59. The molecule has 2 aromatic heterocycles. The van der Waals surface area contributed by atoms with Gasteiger partial charge in [-0.3, -0.25) is 4.79 Å². The van der Waals surface area contributed by atoms with Crippen LogP contribution in [0.25, 0.3) is 22.0 Å². The molecule has 0 atom stereocenters. The molecule has 1 aliphatic rings. The van der Waals surface area contributed by atoms with Gasteiger partial charge in [-0.25, -0.2) is 9.97 Å². The normalized spacial score (nSPS) is 12.1. The van der Waals surface area contributed by atoms with E-state index in [1.807, 2.05) is 54.8 Å². The maximum atomic E-state index is 12.3. The van der Waals surface area contributed by atoms with E-state index >= 15 is 0 Å². The number of hydrogen-bond donors (Lipinski definition) is 2. The van der Waals surface area contributed by atoms with Gasteiger partial charge in [0.25, 0.3) is 0 Å². The Kier molecular flexibility index (Phi) is 7.18. The Labute approximate surface area is 213 Å². The largest absolute Gasteiger partial charge is 0.497 e. The third-order valence-corrected chi connectivity index (χ3v) is 6.93. The zero-order valence-electron chi connectivity index (χ0n) is 20.3. The number of carbonyl (C=O) groups is 1. The summed E-state index contributed by atoms with van der Waals surface area (Å²) in [6, 6.07) is 13.6. The molecular formula is C27H28N4O4S. The highest BCUT2D eigenvalue weighted by Crippen LogP contribution is 2.39. The van der Waals surface area contributed by atoms with Crippen molar-refractivity contribution >= 4 is 17.2 Å². The molecule has 0 radical (unpaired) electrons. The first-order valence-electron chi connectivity index (χ1n) is 11.9. The lowest BCUT2D eigenvalue weighted by atomic mass is 10.1. The van der Waals surface area contributed by atoms with Gasteiger partial charge in [0, 0.05) is 36.0 Å². The van der Waals surface area contributed by atoms with E-state index in [0.29, 0.717) is 13.0 Å². The number of aromatic nitrogens is 3. The van der Waals surface area contributed by atoms with Crippen molar-refractivity contribution in [3.63, 3.8) is 0 Å². The van der Waals surface area contributed by atoms with E-state index in [-0.39, 0.29) is 12.7 Å². The average molecular weight is 505 g/mol. The summed E-state index contributed by atoms with van der Waals surface area (Å²) in [7, 11) is 1.64. The van der Waals surface area contributed by atoms with Crippen LogP contribution >= 0.6 is 11.3 Å². The Bertz CT molecular complexity index is 1350. The van der Waals surface area contributed by atoms with Crippen LogP contribution in [0.2, 0.25) is 0 Å². The smallest absolute Gasteiger partial charge is 0.231 e. The van der Waals surface area contributed by atoms with Crippen molar-refractivity contribution in [2.75, 3.05) is 13.9 Å². The fraction of sp³-hybridized carbons (Fsp3) is 0.296. The van der Waals surface area contributed by atoms with E-state index in [1.54, 1.807) is 18.4 Å². The van der Waals surface area contributed by atoms with Gasteiger partial charge in [-0.15, -0.1) is 11.3 Å². The predicted octanol–water partition coefficient (Wildman–Crippen LogP) is 5.28. The van der Waals surface area contributed by atoms with Gasteiger partial charge in [0.15, 0.2) is 11.5 Å². The molecule has 3 heterocycles.